The van der Waals surface area contributed by atoms with Gasteiger partial charge < -0.3 is 19.1 Å². The fourth-order valence-corrected chi connectivity index (χ4v) is 4.19. The highest BCUT2D eigenvalue weighted by molar-refractivity contribution is 5.85. The highest BCUT2D eigenvalue weighted by Crippen LogP contribution is 2.37. The SMILES string of the molecule is COC(=O)C1(c2ccccc2)CCN(C(=O)C(C)OCC2CCCCO2)CC1. The van der Waals surface area contributed by atoms with Gasteiger partial charge in [-0.05, 0) is 44.6 Å². The summed E-state index contributed by atoms with van der Waals surface area (Å²) in [6, 6.07) is 9.72. The molecule has 0 saturated carbocycles. The van der Waals surface area contributed by atoms with Gasteiger partial charge in [-0.2, -0.15) is 0 Å². The van der Waals surface area contributed by atoms with Crippen LogP contribution in [0.2, 0.25) is 0 Å². The third-order valence-electron chi connectivity index (χ3n) is 5.99. The fraction of sp³-hybridized carbons (Fsp3) is 0.636. The first-order valence-corrected chi connectivity index (χ1v) is 10.2. The Hall–Kier alpha value is -1.92. The van der Waals surface area contributed by atoms with E-state index < -0.39 is 11.5 Å². The summed E-state index contributed by atoms with van der Waals surface area (Å²) in [6.07, 6.45) is 3.92. The Balaban J connectivity index is 1.58. The van der Waals surface area contributed by atoms with E-state index in [1.807, 2.05) is 30.3 Å². The third-order valence-corrected chi connectivity index (χ3v) is 5.99. The highest BCUT2D eigenvalue weighted by Gasteiger charge is 2.45. The zero-order chi connectivity index (χ0) is 20.0. The van der Waals surface area contributed by atoms with Gasteiger partial charge in [-0.1, -0.05) is 30.3 Å². The molecule has 2 fully saturated rings. The van der Waals surface area contributed by atoms with Gasteiger partial charge in [0.15, 0.2) is 0 Å². The van der Waals surface area contributed by atoms with Gasteiger partial charge in [0.05, 0.1) is 25.2 Å². The van der Waals surface area contributed by atoms with E-state index in [0.29, 0.717) is 32.5 Å². The van der Waals surface area contributed by atoms with Crippen molar-refractivity contribution in [3.8, 4) is 0 Å². The standard InChI is InChI=1S/C22H31NO5/c1-17(28-16-19-10-6-7-15-27-19)20(24)23-13-11-22(12-14-23,21(25)26-2)18-8-4-3-5-9-18/h3-5,8-9,17,19H,6-7,10-16H2,1-2H3. The maximum absolute atomic E-state index is 12.8. The number of carbonyl (C=O) groups is 2. The molecule has 0 aliphatic carbocycles. The van der Waals surface area contributed by atoms with Crippen LogP contribution in [0, 0.1) is 0 Å². The van der Waals surface area contributed by atoms with Crippen LogP contribution in [0.4, 0.5) is 0 Å². The van der Waals surface area contributed by atoms with Gasteiger partial charge in [0, 0.05) is 19.7 Å². The van der Waals surface area contributed by atoms with Gasteiger partial charge in [-0.3, -0.25) is 9.59 Å². The van der Waals surface area contributed by atoms with Gasteiger partial charge in [0.2, 0.25) is 0 Å². The van der Waals surface area contributed by atoms with Crippen molar-refractivity contribution < 1.29 is 23.8 Å². The average molecular weight is 389 g/mol. The van der Waals surface area contributed by atoms with E-state index in [9.17, 15) is 9.59 Å². The number of methoxy groups -OCH3 is 1. The molecule has 1 aromatic rings. The summed E-state index contributed by atoms with van der Waals surface area (Å²) in [4.78, 5) is 27.2. The number of likely N-dealkylation sites (tertiary alicyclic amines) is 1. The molecule has 0 bridgehead atoms. The van der Waals surface area contributed by atoms with Crippen molar-refractivity contribution in [2.24, 2.45) is 0 Å². The lowest BCUT2D eigenvalue weighted by atomic mass is 9.72. The smallest absolute Gasteiger partial charge is 0.316 e. The molecular weight excluding hydrogens is 358 g/mol. The topological polar surface area (TPSA) is 65.1 Å². The summed E-state index contributed by atoms with van der Waals surface area (Å²) < 4.78 is 16.6. The van der Waals surface area contributed by atoms with Gasteiger partial charge in [-0.25, -0.2) is 0 Å². The number of rotatable bonds is 6. The molecule has 1 amide bonds. The minimum Gasteiger partial charge on any atom is -0.468 e. The number of piperidine rings is 1. The van der Waals surface area contributed by atoms with Crippen LogP contribution in [0.15, 0.2) is 30.3 Å². The second kappa shape index (κ2) is 9.52. The Labute approximate surface area is 167 Å². The van der Waals surface area contributed by atoms with Crippen molar-refractivity contribution in [1.82, 2.24) is 4.90 Å². The van der Waals surface area contributed by atoms with Crippen LogP contribution in [0.25, 0.3) is 0 Å². The number of amides is 1. The van der Waals surface area contributed by atoms with Crippen LogP contribution in [-0.4, -0.2) is 62.4 Å². The predicted molar refractivity (Wildman–Crippen MR) is 105 cm³/mol. The molecule has 2 aliphatic heterocycles. The zero-order valence-electron chi connectivity index (χ0n) is 16.9. The second-order valence-electron chi connectivity index (χ2n) is 7.73. The maximum Gasteiger partial charge on any atom is 0.316 e. The lowest BCUT2D eigenvalue weighted by molar-refractivity contribution is -0.155. The van der Waals surface area contributed by atoms with Crippen LogP contribution < -0.4 is 0 Å². The molecule has 6 nitrogen and oxygen atoms in total. The average Bonchev–Trinajstić information content (AvgIpc) is 2.77. The number of carbonyl (C=O) groups excluding carboxylic acids is 2. The Morgan fingerprint density at radius 1 is 1.21 bits per heavy atom. The molecule has 2 unspecified atom stereocenters. The molecule has 28 heavy (non-hydrogen) atoms. The molecule has 2 aliphatic rings. The molecule has 2 atom stereocenters. The van der Waals surface area contributed by atoms with Crippen LogP contribution in [0.3, 0.4) is 0 Å². The molecule has 154 valence electrons. The van der Waals surface area contributed by atoms with Crippen LogP contribution in [0.1, 0.15) is 44.6 Å². The lowest BCUT2D eigenvalue weighted by Crippen LogP contribution is -2.51. The van der Waals surface area contributed by atoms with Crippen molar-refractivity contribution >= 4 is 11.9 Å². The van der Waals surface area contributed by atoms with E-state index in [2.05, 4.69) is 0 Å². The summed E-state index contributed by atoms with van der Waals surface area (Å²) in [5.74, 6) is -0.258. The minimum atomic E-state index is -0.688. The van der Waals surface area contributed by atoms with Gasteiger partial charge in [-0.15, -0.1) is 0 Å². The molecule has 2 saturated heterocycles. The molecular formula is C22H31NO5. The van der Waals surface area contributed by atoms with Crippen molar-refractivity contribution in [2.45, 2.75) is 56.7 Å². The van der Waals surface area contributed by atoms with E-state index in [1.165, 1.54) is 7.11 Å². The third kappa shape index (κ3) is 4.55. The monoisotopic (exact) mass is 389 g/mol. The number of ether oxygens (including phenoxy) is 3. The van der Waals surface area contributed by atoms with E-state index in [4.69, 9.17) is 14.2 Å². The Kier molecular flexibility index (Phi) is 7.08. The summed E-state index contributed by atoms with van der Waals surface area (Å²) in [5.41, 5.74) is 0.264. The van der Waals surface area contributed by atoms with Crippen molar-refractivity contribution in [3.05, 3.63) is 35.9 Å². The van der Waals surface area contributed by atoms with Gasteiger partial charge in [0.25, 0.3) is 5.91 Å². The lowest BCUT2D eigenvalue weighted by Gasteiger charge is -2.40. The first-order chi connectivity index (χ1) is 13.6. The second-order valence-corrected chi connectivity index (χ2v) is 7.73. The van der Waals surface area contributed by atoms with Crippen molar-refractivity contribution in [2.75, 3.05) is 33.4 Å². The molecule has 6 heteroatoms. The van der Waals surface area contributed by atoms with Gasteiger partial charge in [0.1, 0.15) is 6.10 Å². The van der Waals surface area contributed by atoms with E-state index >= 15 is 0 Å². The molecule has 0 spiro atoms. The Morgan fingerprint density at radius 3 is 2.54 bits per heavy atom. The van der Waals surface area contributed by atoms with Crippen LogP contribution in [0.5, 0.6) is 0 Å². The van der Waals surface area contributed by atoms with Crippen LogP contribution in [-0.2, 0) is 29.2 Å². The number of nitrogens with zero attached hydrogens (tertiary/aromatic N) is 1. The normalized spacial score (nSPS) is 23.1. The predicted octanol–water partition coefficient (Wildman–Crippen LogP) is 2.69. The van der Waals surface area contributed by atoms with E-state index in [1.54, 1.807) is 11.8 Å². The molecule has 1 aromatic carbocycles. The number of esters is 1. The van der Waals surface area contributed by atoms with Crippen molar-refractivity contribution in [3.63, 3.8) is 0 Å². The number of hydrogen-bond acceptors (Lipinski definition) is 5. The largest absolute Gasteiger partial charge is 0.468 e. The summed E-state index contributed by atoms with van der Waals surface area (Å²) in [7, 11) is 1.42. The summed E-state index contributed by atoms with van der Waals surface area (Å²) >= 11 is 0. The molecule has 0 N–H and O–H groups in total. The summed E-state index contributed by atoms with van der Waals surface area (Å²) in [5, 5.41) is 0. The van der Waals surface area contributed by atoms with E-state index in [-0.39, 0.29) is 18.0 Å². The number of benzene rings is 1. The maximum atomic E-state index is 12.8. The minimum absolute atomic E-state index is 0.0256. The molecule has 2 heterocycles. The highest BCUT2D eigenvalue weighted by atomic mass is 16.5. The van der Waals surface area contributed by atoms with E-state index in [0.717, 1.165) is 31.4 Å². The van der Waals surface area contributed by atoms with Crippen LogP contribution >= 0.6 is 0 Å². The number of hydrogen-bond donors (Lipinski definition) is 0. The zero-order valence-corrected chi connectivity index (χ0v) is 16.9. The Bertz CT molecular complexity index is 648. The first kappa shape index (κ1) is 20.8. The van der Waals surface area contributed by atoms with Gasteiger partial charge >= 0.3 is 5.97 Å². The molecule has 0 radical (unpaired) electrons. The fourth-order valence-electron chi connectivity index (χ4n) is 4.19. The Morgan fingerprint density at radius 2 is 1.93 bits per heavy atom. The molecule has 0 aromatic heterocycles. The summed E-state index contributed by atoms with van der Waals surface area (Å²) in [6.45, 7) is 4.05. The quantitative estimate of drug-likeness (QED) is 0.700. The molecule has 3 rings (SSSR count). The first-order valence-electron chi connectivity index (χ1n) is 10.2. The van der Waals surface area contributed by atoms with Crippen molar-refractivity contribution in [1.29, 1.82) is 0 Å².